The second kappa shape index (κ2) is 3.86. The number of aromatic nitrogens is 3. The molecule has 2 aromatic rings. The van der Waals surface area contributed by atoms with Gasteiger partial charge in [-0.15, -0.1) is 0 Å². The van der Waals surface area contributed by atoms with Crippen molar-refractivity contribution in [2.24, 2.45) is 7.05 Å². The van der Waals surface area contributed by atoms with Crippen LogP contribution in [0.25, 0.3) is 0 Å². The summed E-state index contributed by atoms with van der Waals surface area (Å²) in [4.78, 5) is 15.7. The quantitative estimate of drug-likeness (QED) is 0.743. The van der Waals surface area contributed by atoms with Gasteiger partial charge in [0.2, 0.25) is 5.22 Å². The lowest BCUT2D eigenvalue weighted by molar-refractivity contribution is 0.0989. The summed E-state index contributed by atoms with van der Waals surface area (Å²) < 4.78 is 6.38. The maximum atomic E-state index is 11.7. The Hall–Kier alpha value is -1.62. The number of aryl methyl sites for hydroxylation is 1. The number of carbonyl (C=O) groups excluding carboxylic acids is 1. The smallest absolute Gasteiger partial charge is 0.203 e. The number of hydrogen-bond donors (Lipinski definition) is 0. The van der Waals surface area contributed by atoms with Crippen molar-refractivity contribution in [1.29, 1.82) is 0 Å². The molecule has 5 nitrogen and oxygen atoms in total. The molecule has 0 bridgehead atoms. The molecule has 0 atom stereocenters. The van der Waals surface area contributed by atoms with E-state index >= 15 is 0 Å². The molecule has 15 heavy (non-hydrogen) atoms. The highest BCUT2D eigenvalue weighted by Crippen LogP contribution is 2.18. The highest BCUT2D eigenvalue weighted by molar-refractivity contribution is 6.32. The zero-order valence-electron chi connectivity index (χ0n) is 7.98. The van der Waals surface area contributed by atoms with Crippen LogP contribution in [0, 0.1) is 0 Å². The lowest BCUT2D eigenvalue weighted by atomic mass is 10.1. The van der Waals surface area contributed by atoms with Crippen molar-refractivity contribution in [3.8, 4) is 0 Å². The fourth-order valence-corrected chi connectivity index (χ4v) is 1.43. The van der Waals surface area contributed by atoms with Crippen molar-refractivity contribution >= 4 is 17.4 Å². The van der Waals surface area contributed by atoms with Gasteiger partial charge < -0.3 is 4.42 Å². The second-order valence-corrected chi connectivity index (χ2v) is 3.35. The number of rotatable bonds is 3. The molecular formula is C9H8ClN3O2. The van der Waals surface area contributed by atoms with Crippen LogP contribution in [0.3, 0.4) is 0 Å². The minimum atomic E-state index is -0.134. The summed E-state index contributed by atoms with van der Waals surface area (Å²) in [5.41, 5.74) is 0.375. The maximum absolute atomic E-state index is 11.7. The Labute approximate surface area is 90.7 Å². The van der Waals surface area contributed by atoms with Crippen LogP contribution in [0.2, 0.25) is 5.22 Å². The minimum absolute atomic E-state index is 0.113. The van der Waals surface area contributed by atoms with E-state index in [0.717, 1.165) is 0 Å². The van der Waals surface area contributed by atoms with E-state index < -0.39 is 0 Å². The summed E-state index contributed by atoms with van der Waals surface area (Å²) in [5.74, 6) is 0.460. The summed E-state index contributed by atoms with van der Waals surface area (Å²) >= 11 is 5.68. The Morgan fingerprint density at radius 3 is 3.00 bits per heavy atom. The third kappa shape index (κ3) is 1.92. The van der Waals surface area contributed by atoms with Crippen LogP contribution in [0.15, 0.2) is 23.1 Å². The number of ketones is 1. The van der Waals surface area contributed by atoms with Gasteiger partial charge in [-0.25, -0.2) is 4.98 Å². The summed E-state index contributed by atoms with van der Waals surface area (Å²) in [7, 11) is 1.73. The molecule has 0 saturated carbocycles. The molecule has 78 valence electrons. The summed E-state index contributed by atoms with van der Waals surface area (Å²) in [5, 5.41) is 3.98. The van der Waals surface area contributed by atoms with Crippen LogP contribution in [0.4, 0.5) is 0 Å². The normalized spacial score (nSPS) is 10.5. The van der Waals surface area contributed by atoms with Crippen molar-refractivity contribution in [1.82, 2.24) is 14.8 Å². The fraction of sp³-hybridized carbons (Fsp3) is 0.222. The molecule has 0 radical (unpaired) electrons. The molecule has 0 aliphatic carbocycles. The number of hydrogen-bond acceptors (Lipinski definition) is 4. The van der Waals surface area contributed by atoms with E-state index in [1.54, 1.807) is 17.8 Å². The van der Waals surface area contributed by atoms with Gasteiger partial charge in [-0.1, -0.05) is 0 Å². The first-order chi connectivity index (χ1) is 7.18. The van der Waals surface area contributed by atoms with Crippen molar-refractivity contribution in [3.05, 3.63) is 35.3 Å². The average Bonchev–Trinajstić information content (AvgIpc) is 2.76. The zero-order chi connectivity index (χ0) is 10.8. The van der Waals surface area contributed by atoms with Gasteiger partial charge in [-0.2, -0.15) is 5.10 Å². The lowest BCUT2D eigenvalue weighted by Crippen LogP contribution is -2.08. The predicted molar refractivity (Wildman–Crippen MR) is 52.8 cm³/mol. The van der Waals surface area contributed by atoms with E-state index in [-0.39, 0.29) is 17.4 Å². The molecule has 0 N–H and O–H groups in total. The molecule has 0 aliphatic rings. The summed E-state index contributed by atoms with van der Waals surface area (Å²) in [6.45, 7) is 0. The van der Waals surface area contributed by atoms with E-state index in [2.05, 4.69) is 10.1 Å². The molecule has 0 unspecified atom stereocenters. The molecule has 0 saturated heterocycles. The van der Waals surface area contributed by atoms with E-state index in [9.17, 15) is 4.79 Å². The highest BCUT2D eigenvalue weighted by atomic mass is 35.5. The Balaban J connectivity index is 2.18. The van der Waals surface area contributed by atoms with Crippen LogP contribution >= 0.6 is 11.6 Å². The second-order valence-electron chi connectivity index (χ2n) is 3.01. The van der Waals surface area contributed by atoms with Gasteiger partial charge in [-0.3, -0.25) is 9.48 Å². The van der Waals surface area contributed by atoms with Gasteiger partial charge >= 0.3 is 0 Å². The predicted octanol–water partition coefficient (Wildman–Crippen LogP) is 1.49. The Kier molecular flexibility index (Phi) is 2.55. The van der Waals surface area contributed by atoms with Crippen molar-refractivity contribution in [3.63, 3.8) is 0 Å². The Bertz CT molecular complexity index is 489. The molecular weight excluding hydrogens is 218 g/mol. The van der Waals surface area contributed by atoms with E-state index in [1.807, 2.05) is 0 Å². The molecule has 0 aromatic carbocycles. The Morgan fingerprint density at radius 2 is 2.47 bits per heavy atom. The van der Waals surface area contributed by atoms with Crippen LogP contribution in [-0.4, -0.2) is 20.5 Å². The topological polar surface area (TPSA) is 60.9 Å². The van der Waals surface area contributed by atoms with Gasteiger partial charge in [0, 0.05) is 7.05 Å². The van der Waals surface area contributed by atoms with E-state index in [0.29, 0.717) is 11.4 Å². The summed E-state index contributed by atoms with van der Waals surface area (Å²) in [6, 6.07) is 1.54. The largest absolute Gasteiger partial charge is 0.452 e. The van der Waals surface area contributed by atoms with Crippen molar-refractivity contribution in [2.45, 2.75) is 6.42 Å². The zero-order valence-corrected chi connectivity index (χ0v) is 8.73. The monoisotopic (exact) mass is 225 g/mol. The van der Waals surface area contributed by atoms with Gasteiger partial charge in [0.1, 0.15) is 12.2 Å². The highest BCUT2D eigenvalue weighted by Gasteiger charge is 2.15. The van der Waals surface area contributed by atoms with Crippen LogP contribution in [-0.2, 0) is 13.5 Å². The molecule has 2 rings (SSSR count). The van der Waals surface area contributed by atoms with Crippen LogP contribution in [0.5, 0.6) is 0 Å². The van der Waals surface area contributed by atoms with Crippen molar-refractivity contribution in [2.75, 3.05) is 0 Å². The third-order valence-corrected chi connectivity index (χ3v) is 2.33. The number of carbonyl (C=O) groups is 1. The Morgan fingerprint density at radius 1 is 1.67 bits per heavy atom. The van der Waals surface area contributed by atoms with E-state index in [1.165, 1.54) is 12.6 Å². The van der Waals surface area contributed by atoms with Gasteiger partial charge in [-0.05, 0) is 17.7 Å². The standard InChI is InChI=1S/C9H8ClN3O2/c1-13-8(11-5-12-13)4-7(14)6-2-3-15-9(6)10/h2-3,5H,4H2,1H3. The van der Waals surface area contributed by atoms with Crippen LogP contribution < -0.4 is 0 Å². The molecule has 2 heterocycles. The van der Waals surface area contributed by atoms with Gasteiger partial charge in [0.05, 0.1) is 18.2 Å². The number of furan rings is 1. The number of halogens is 1. The molecule has 0 aliphatic heterocycles. The maximum Gasteiger partial charge on any atom is 0.203 e. The van der Waals surface area contributed by atoms with Gasteiger partial charge in [0.15, 0.2) is 5.78 Å². The molecule has 2 aromatic heterocycles. The molecule has 0 spiro atoms. The lowest BCUT2D eigenvalue weighted by Gasteiger charge is -1.98. The van der Waals surface area contributed by atoms with Crippen LogP contribution in [0.1, 0.15) is 16.2 Å². The molecule has 0 fully saturated rings. The first-order valence-electron chi connectivity index (χ1n) is 4.27. The SMILES string of the molecule is Cn1ncnc1CC(=O)c1ccoc1Cl. The minimum Gasteiger partial charge on any atom is -0.452 e. The third-order valence-electron chi connectivity index (χ3n) is 2.04. The number of Topliss-reactive ketones (excluding diaryl/α,β-unsaturated/α-hetero) is 1. The molecule has 6 heteroatoms. The summed E-state index contributed by atoms with van der Waals surface area (Å²) in [6.07, 6.45) is 2.95. The first kappa shape index (κ1) is 9.92. The van der Waals surface area contributed by atoms with E-state index in [4.69, 9.17) is 16.0 Å². The fourth-order valence-electron chi connectivity index (χ4n) is 1.21. The molecule has 0 amide bonds. The number of nitrogens with zero attached hydrogens (tertiary/aromatic N) is 3. The van der Waals surface area contributed by atoms with Crippen molar-refractivity contribution < 1.29 is 9.21 Å². The van der Waals surface area contributed by atoms with Gasteiger partial charge in [0.25, 0.3) is 0 Å². The first-order valence-corrected chi connectivity index (χ1v) is 4.65. The average molecular weight is 226 g/mol.